The highest BCUT2D eigenvalue weighted by Crippen LogP contribution is 2.61. The summed E-state index contributed by atoms with van der Waals surface area (Å²) in [6.45, 7) is 0. The van der Waals surface area contributed by atoms with Crippen molar-refractivity contribution >= 4 is 60.7 Å². The van der Waals surface area contributed by atoms with Gasteiger partial charge in [-0.15, -0.1) is 0 Å². The molecule has 10 aromatic carbocycles. The van der Waals surface area contributed by atoms with E-state index >= 15 is 0 Å². The van der Waals surface area contributed by atoms with Gasteiger partial charge in [0.25, 0.3) is 0 Å². The van der Waals surface area contributed by atoms with E-state index in [0.29, 0.717) is 0 Å². The molecule has 2 aliphatic rings. The van der Waals surface area contributed by atoms with Gasteiger partial charge in [-0.3, -0.25) is 0 Å². The second-order valence-corrected chi connectivity index (χ2v) is 17.2. The first-order valence-corrected chi connectivity index (χ1v) is 22.3. The lowest BCUT2D eigenvalue weighted by Crippen LogP contribution is -2.37. The van der Waals surface area contributed by atoms with Crippen LogP contribution in [0.3, 0.4) is 0 Å². The zero-order chi connectivity index (χ0) is 42.6. The van der Waals surface area contributed by atoms with Gasteiger partial charge in [0, 0.05) is 61.5 Å². The van der Waals surface area contributed by atoms with Gasteiger partial charge in [-0.25, -0.2) is 0 Å². The monoisotopic (exact) mass is 829 g/mol. The second-order valence-electron chi connectivity index (χ2n) is 17.2. The first kappa shape index (κ1) is 35.9. The molecule has 0 amide bonds. The van der Waals surface area contributed by atoms with E-state index in [1.807, 2.05) is 0 Å². The highest BCUT2D eigenvalue weighted by molar-refractivity contribution is 6.13. The number of aromatic nitrogens is 2. The first-order chi connectivity index (χ1) is 32.3. The first-order valence-electron chi connectivity index (χ1n) is 22.3. The molecule has 0 aliphatic carbocycles. The van der Waals surface area contributed by atoms with Gasteiger partial charge in [0.05, 0.1) is 33.2 Å². The number of anilines is 3. The van der Waals surface area contributed by atoms with Crippen LogP contribution < -0.4 is 9.64 Å². The molecule has 14 rings (SSSR count). The zero-order valence-corrected chi connectivity index (χ0v) is 35.3. The molecule has 0 saturated carbocycles. The van der Waals surface area contributed by atoms with E-state index in [-0.39, 0.29) is 0 Å². The molecule has 65 heavy (non-hydrogen) atoms. The summed E-state index contributed by atoms with van der Waals surface area (Å²) in [6, 6.07) is 86.0. The number of hydrogen-bond donors (Lipinski definition) is 0. The van der Waals surface area contributed by atoms with E-state index in [0.717, 1.165) is 50.9 Å². The Kier molecular flexibility index (Phi) is 7.57. The van der Waals surface area contributed by atoms with E-state index in [1.165, 1.54) is 66.0 Å². The van der Waals surface area contributed by atoms with E-state index in [2.05, 4.69) is 251 Å². The summed E-state index contributed by atoms with van der Waals surface area (Å²) in [5, 5.41) is 4.94. The summed E-state index contributed by atoms with van der Waals surface area (Å²) in [6.07, 6.45) is 0. The Morgan fingerprint density at radius 2 is 0.908 bits per heavy atom. The van der Waals surface area contributed by atoms with Crippen molar-refractivity contribution in [2.24, 2.45) is 0 Å². The Balaban J connectivity index is 0.990. The Labute approximate surface area is 376 Å². The quantitative estimate of drug-likeness (QED) is 0.172. The zero-order valence-electron chi connectivity index (χ0n) is 35.3. The van der Waals surface area contributed by atoms with Gasteiger partial charge < -0.3 is 18.8 Å². The molecule has 0 bridgehead atoms. The summed E-state index contributed by atoms with van der Waals surface area (Å²) in [5.74, 6) is 1.70. The summed E-state index contributed by atoms with van der Waals surface area (Å²) < 4.78 is 12.0. The average molecular weight is 830 g/mol. The van der Waals surface area contributed by atoms with Crippen molar-refractivity contribution in [1.29, 1.82) is 0 Å². The Bertz CT molecular complexity index is 3860. The van der Waals surface area contributed by atoms with Gasteiger partial charge in [-0.05, 0) is 89.0 Å². The van der Waals surface area contributed by atoms with Crippen LogP contribution >= 0.6 is 0 Å². The molecular formula is C61H39N3O. The molecule has 0 saturated heterocycles. The maximum atomic E-state index is 7.12. The van der Waals surface area contributed by atoms with E-state index in [4.69, 9.17) is 4.74 Å². The minimum atomic E-state index is -0.642. The van der Waals surface area contributed by atoms with Crippen LogP contribution in [0, 0.1) is 0 Å². The minimum absolute atomic E-state index is 0.642. The standard InChI is InChI=1S/C61H39N3O/c1-3-16-40(17-4-1)41-30-32-43(33-31-41)63-54-26-11-7-20-46(54)48-36-34-44(38-57(48)63)62(42-18-5-2-6-19-42)45-35-37-52-59(39-45)65-58-29-14-10-24-51(58)61(52)50-23-9-13-28-56(50)64-55-27-12-8-21-47(55)49-22-15-25-53(61)60(49)64/h1-39H. The van der Waals surface area contributed by atoms with E-state index in [1.54, 1.807) is 0 Å². The predicted molar refractivity (Wildman–Crippen MR) is 267 cm³/mol. The van der Waals surface area contributed by atoms with Gasteiger partial charge in [-0.2, -0.15) is 0 Å². The van der Waals surface area contributed by atoms with Gasteiger partial charge in [0.2, 0.25) is 0 Å². The Morgan fingerprint density at radius 3 is 1.72 bits per heavy atom. The van der Waals surface area contributed by atoms with E-state index in [9.17, 15) is 0 Å². The predicted octanol–water partition coefficient (Wildman–Crippen LogP) is 15.8. The number of rotatable bonds is 5. The van der Waals surface area contributed by atoms with Crippen LogP contribution in [0.2, 0.25) is 0 Å². The summed E-state index contributed by atoms with van der Waals surface area (Å²) in [5.41, 5.74) is 16.7. The molecule has 12 aromatic rings. The molecule has 4 nitrogen and oxygen atoms in total. The fourth-order valence-corrected chi connectivity index (χ4v) is 11.3. The fourth-order valence-electron chi connectivity index (χ4n) is 11.3. The number of para-hydroxylation sites is 6. The molecule has 0 N–H and O–H groups in total. The normalized spacial score (nSPS) is 14.6. The average Bonchev–Trinajstić information content (AvgIpc) is 3.89. The molecule has 1 spiro atoms. The van der Waals surface area contributed by atoms with Crippen LogP contribution in [-0.2, 0) is 5.41 Å². The summed E-state index contributed by atoms with van der Waals surface area (Å²) in [4.78, 5) is 2.37. The molecule has 1 atom stereocenters. The molecule has 4 heteroatoms. The lowest BCUT2D eigenvalue weighted by molar-refractivity contribution is 0.434. The van der Waals surface area contributed by atoms with Crippen LogP contribution in [0.4, 0.5) is 17.1 Å². The van der Waals surface area contributed by atoms with Crippen LogP contribution in [0.1, 0.15) is 22.3 Å². The number of ether oxygens (including phenoxy) is 1. The largest absolute Gasteiger partial charge is 0.457 e. The third-order valence-electron chi connectivity index (χ3n) is 13.9. The van der Waals surface area contributed by atoms with E-state index < -0.39 is 5.41 Å². The summed E-state index contributed by atoms with van der Waals surface area (Å²) in [7, 11) is 0. The van der Waals surface area contributed by atoms with Crippen LogP contribution in [0.25, 0.3) is 66.1 Å². The van der Waals surface area contributed by atoms with Crippen molar-refractivity contribution in [2.45, 2.75) is 5.41 Å². The van der Waals surface area contributed by atoms with Crippen molar-refractivity contribution in [1.82, 2.24) is 9.13 Å². The van der Waals surface area contributed by atoms with Gasteiger partial charge in [-0.1, -0.05) is 164 Å². The van der Waals surface area contributed by atoms with Gasteiger partial charge >= 0.3 is 0 Å². The number of benzene rings is 10. The minimum Gasteiger partial charge on any atom is -0.457 e. The number of fused-ring (bicyclic) bond motifs is 14. The van der Waals surface area contributed by atoms with Gasteiger partial charge in [0.1, 0.15) is 11.5 Å². The molecule has 4 heterocycles. The van der Waals surface area contributed by atoms with Crippen molar-refractivity contribution in [3.05, 3.63) is 259 Å². The maximum absolute atomic E-state index is 7.12. The molecule has 0 radical (unpaired) electrons. The van der Waals surface area contributed by atoms with Crippen LogP contribution in [0.15, 0.2) is 237 Å². The van der Waals surface area contributed by atoms with Gasteiger partial charge in [0.15, 0.2) is 0 Å². The second kappa shape index (κ2) is 13.7. The molecule has 2 aromatic heterocycles. The van der Waals surface area contributed by atoms with Crippen molar-refractivity contribution < 1.29 is 4.74 Å². The van der Waals surface area contributed by atoms with Crippen LogP contribution in [-0.4, -0.2) is 9.13 Å². The lowest BCUT2D eigenvalue weighted by Gasteiger charge is -2.45. The smallest absolute Gasteiger partial charge is 0.134 e. The van der Waals surface area contributed by atoms with Crippen molar-refractivity contribution in [2.75, 3.05) is 4.90 Å². The number of nitrogens with zero attached hydrogens (tertiary/aromatic N) is 3. The number of hydrogen-bond acceptors (Lipinski definition) is 2. The molecule has 2 aliphatic heterocycles. The Hall–Kier alpha value is -8.60. The SMILES string of the molecule is c1ccc(-c2ccc(-n3c4ccccc4c4ccc(N(c5ccccc5)c5ccc6c(c5)Oc5ccccc5C65c6ccccc6-n6c7ccccc7c7cccc5c76)cc43)cc2)cc1. The maximum Gasteiger partial charge on any atom is 0.134 e. The molecular weight excluding hydrogens is 791 g/mol. The topological polar surface area (TPSA) is 22.3 Å². The highest BCUT2D eigenvalue weighted by Gasteiger charge is 2.50. The summed E-state index contributed by atoms with van der Waals surface area (Å²) >= 11 is 0. The third-order valence-corrected chi connectivity index (χ3v) is 13.9. The fraction of sp³-hybridized carbons (Fsp3) is 0.0164. The lowest BCUT2D eigenvalue weighted by atomic mass is 9.62. The third kappa shape index (κ3) is 5.02. The van der Waals surface area contributed by atoms with Crippen molar-refractivity contribution in [3.8, 4) is 34.0 Å². The molecule has 304 valence electrons. The van der Waals surface area contributed by atoms with Crippen molar-refractivity contribution in [3.63, 3.8) is 0 Å². The molecule has 1 unspecified atom stereocenters. The molecule has 0 fully saturated rings. The Morgan fingerprint density at radius 1 is 0.338 bits per heavy atom. The van der Waals surface area contributed by atoms with Crippen LogP contribution in [0.5, 0.6) is 11.5 Å². The highest BCUT2D eigenvalue weighted by atomic mass is 16.5.